The molecule has 0 unspecified atom stereocenters. The summed E-state index contributed by atoms with van der Waals surface area (Å²) < 4.78 is 2.05. The molecule has 1 fully saturated rings. The van der Waals surface area contributed by atoms with E-state index in [0.717, 1.165) is 34.1 Å². The van der Waals surface area contributed by atoms with Crippen LogP contribution >= 0.6 is 34.7 Å². The fourth-order valence-electron chi connectivity index (χ4n) is 2.57. The second-order valence-corrected chi connectivity index (χ2v) is 8.16. The number of halogens is 1. The highest BCUT2D eigenvalue weighted by molar-refractivity contribution is 8.01. The lowest BCUT2D eigenvalue weighted by Crippen LogP contribution is -2.40. The molecule has 3 rings (SSSR count). The summed E-state index contributed by atoms with van der Waals surface area (Å²) in [5.74, 6) is 1.32. The SMILES string of the molecule is C[C@@H]1CCCN(C(=O)CSc2nc3cc(Cl)ccc3s2)C1. The van der Waals surface area contributed by atoms with Crippen molar-refractivity contribution in [2.75, 3.05) is 18.8 Å². The van der Waals surface area contributed by atoms with Gasteiger partial charge in [0.25, 0.3) is 0 Å². The monoisotopic (exact) mass is 340 g/mol. The number of carbonyl (C=O) groups excluding carboxylic acids is 1. The van der Waals surface area contributed by atoms with Gasteiger partial charge in [0.1, 0.15) is 0 Å². The Morgan fingerprint density at radius 1 is 1.57 bits per heavy atom. The fraction of sp³-hybridized carbons (Fsp3) is 0.467. The maximum absolute atomic E-state index is 12.2. The number of aromatic nitrogens is 1. The van der Waals surface area contributed by atoms with E-state index in [9.17, 15) is 4.79 Å². The van der Waals surface area contributed by atoms with Crippen LogP contribution in [-0.4, -0.2) is 34.6 Å². The van der Waals surface area contributed by atoms with Gasteiger partial charge < -0.3 is 4.90 Å². The predicted molar refractivity (Wildman–Crippen MR) is 90.3 cm³/mol. The Hall–Kier alpha value is -0.780. The van der Waals surface area contributed by atoms with Gasteiger partial charge in [0.15, 0.2) is 4.34 Å². The van der Waals surface area contributed by atoms with Crippen molar-refractivity contribution in [2.24, 2.45) is 5.92 Å². The summed E-state index contributed by atoms with van der Waals surface area (Å²) in [7, 11) is 0. The van der Waals surface area contributed by atoms with Crippen LogP contribution < -0.4 is 0 Å². The van der Waals surface area contributed by atoms with Crippen molar-refractivity contribution < 1.29 is 4.79 Å². The van der Waals surface area contributed by atoms with Crippen LogP contribution in [0, 0.1) is 5.92 Å². The lowest BCUT2D eigenvalue weighted by atomic mass is 10.0. The zero-order chi connectivity index (χ0) is 14.8. The molecule has 1 saturated heterocycles. The maximum atomic E-state index is 12.2. The molecule has 1 aliphatic heterocycles. The van der Waals surface area contributed by atoms with E-state index in [-0.39, 0.29) is 5.91 Å². The van der Waals surface area contributed by atoms with Crippen molar-refractivity contribution in [3.63, 3.8) is 0 Å². The van der Waals surface area contributed by atoms with Crippen LogP contribution in [0.2, 0.25) is 5.02 Å². The minimum Gasteiger partial charge on any atom is -0.342 e. The lowest BCUT2D eigenvalue weighted by molar-refractivity contribution is -0.130. The molecule has 1 aromatic carbocycles. The van der Waals surface area contributed by atoms with Gasteiger partial charge in [-0.1, -0.05) is 30.3 Å². The van der Waals surface area contributed by atoms with Crippen LogP contribution in [0.25, 0.3) is 10.2 Å². The van der Waals surface area contributed by atoms with Gasteiger partial charge in [0, 0.05) is 18.1 Å². The number of benzene rings is 1. The molecule has 0 spiro atoms. The standard InChI is InChI=1S/C15H17ClN2OS2/c1-10-3-2-6-18(8-10)14(19)9-20-15-17-12-7-11(16)4-5-13(12)21-15/h4-5,7,10H,2-3,6,8-9H2,1H3/t10-/m1/s1. The summed E-state index contributed by atoms with van der Waals surface area (Å²) in [6.45, 7) is 4.01. The zero-order valence-electron chi connectivity index (χ0n) is 11.8. The number of fused-ring (bicyclic) bond motifs is 1. The number of thiazole rings is 1. The highest BCUT2D eigenvalue weighted by Crippen LogP contribution is 2.31. The Morgan fingerprint density at radius 3 is 3.24 bits per heavy atom. The Labute approximate surface area is 137 Å². The smallest absolute Gasteiger partial charge is 0.233 e. The molecule has 3 nitrogen and oxygen atoms in total. The van der Waals surface area contributed by atoms with Crippen LogP contribution in [0.4, 0.5) is 0 Å². The summed E-state index contributed by atoms with van der Waals surface area (Å²) >= 11 is 9.11. The van der Waals surface area contributed by atoms with Crippen LogP contribution in [0.1, 0.15) is 19.8 Å². The molecule has 2 heterocycles. The number of rotatable bonds is 3. The largest absolute Gasteiger partial charge is 0.342 e. The Balaban J connectivity index is 1.61. The molecule has 1 aliphatic rings. The van der Waals surface area contributed by atoms with Gasteiger partial charge in [-0.3, -0.25) is 4.79 Å². The first kappa shape index (κ1) is 15.1. The Morgan fingerprint density at radius 2 is 2.43 bits per heavy atom. The highest BCUT2D eigenvalue weighted by atomic mass is 35.5. The van der Waals surface area contributed by atoms with Crippen LogP contribution in [0.15, 0.2) is 22.5 Å². The Kier molecular flexibility index (Phi) is 4.72. The molecule has 21 heavy (non-hydrogen) atoms. The molecule has 0 bridgehead atoms. The first-order chi connectivity index (χ1) is 10.1. The summed E-state index contributed by atoms with van der Waals surface area (Å²) in [4.78, 5) is 18.8. The average molecular weight is 341 g/mol. The van der Waals surface area contributed by atoms with Gasteiger partial charge in [-0.2, -0.15) is 0 Å². The van der Waals surface area contributed by atoms with E-state index in [1.807, 2.05) is 23.1 Å². The van der Waals surface area contributed by atoms with Crippen molar-refractivity contribution in [3.05, 3.63) is 23.2 Å². The van der Waals surface area contributed by atoms with Crippen molar-refractivity contribution in [2.45, 2.75) is 24.1 Å². The van der Waals surface area contributed by atoms with Crippen molar-refractivity contribution in [3.8, 4) is 0 Å². The zero-order valence-corrected chi connectivity index (χ0v) is 14.2. The number of hydrogen-bond acceptors (Lipinski definition) is 4. The molecule has 112 valence electrons. The maximum Gasteiger partial charge on any atom is 0.233 e. The topological polar surface area (TPSA) is 33.2 Å². The van der Waals surface area contributed by atoms with E-state index in [2.05, 4.69) is 11.9 Å². The molecular formula is C15H17ClN2OS2. The van der Waals surface area contributed by atoms with E-state index in [1.165, 1.54) is 18.2 Å². The van der Waals surface area contributed by atoms with Gasteiger partial charge >= 0.3 is 0 Å². The molecular weight excluding hydrogens is 324 g/mol. The molecule has 6 heteroatoms. The number of carbonyl (C=O) groups is 1. The third-order valence-electron chi connectivity index (χ3n) is 3.66. The second-order valence-electron chi connectivity index (χ2n) is 5.47. The highest BCUT2D eigenvalue weighted by Gasteiger charge is 2.21. The number of likely N-dealkylation sites (tertiary alicyclic amines) is 1. The third kappa shape index (κ3) is 3.71. The van der Waals surface area contributed by atoms with Gasteiger partial charge in [0.2, 0.25) is 5.91 Å². The molecule has 0 aliphatic carbocycles. The second kappa shape index (κ2) is 6.55. The number of piperidine rings is 1. The predicted octanol–water partition coefficient (Wildman–Crippen LogP) is 4.30. The summed E-state index contributed by atoms with van der Waals surface area (Å²) in [5.41, 5.74) is 0.911. The molecule has 0 saturated carbocycles. The number of amides is 1. The average Bonchev–Trinajstić information content (AvgIpc) is 2.86. The van der Waals surface area contributed by atoms with E-state index >= 15 is 0 Å². The van der Waals surface area contributed by atoms with E-state index < -0.39 is 0 Å². The fourth-order valence-corrected chi connectivity index (χ4v) is 4.69. The van der Waals surface area contributed by atoms with Crippen molar-refractivity contribution in [1.29, 1.82) is 0 Å². The summed E-state index contributed by atoms with van der Waals surface area (Å²) in [6, 6.07) is 5.72. The van der Waals surface area contributed by atoms with Crippen LogP contribution in [0.5, 0.6) is 0 Å². The number of thioether (sulfide) groups is 1. The molecule has 1 amide bonds. The van der Waals surface area contributed by atoms with Gasteiger partial charge in [-0.25, -0.2) is 4.98 Å². The Bertz CT molecular complexity index is 658. The van der Waals surface area contributed by atoms with Crippen LogP contribution in [0.3, 0.4) is 0 Å². The first-order valence-electron chi connectivity index (χ1n) is 7.08. The quantitative estimate of drug-likeness (QED) is 0.781. The minimum absolute atomic E-state index is 0.226. The van der Waals surface area contributed by atoms with E-state index in [1.54, 1.807) is 11.3 Å². The van der Waals surface area contributed by atoms with Crippen molar-refractivity contribution >= 4 is 50.8 Å². The van der Waals surface area contributed by atoms with Crippen molar-refractivity contribution in [1.82, 2.24) is 9.88 Å². The minimum atomic E-state index is 0.226. The van der Waals surface area contributed by atoms with Gasteiger partial charge in [0.05, 0.1) is 16.0 Å². The molecule has 0 radical (unpaired) electrons. The van der Waals surface area contributed by atoms with E-state index in [0.29, 0.717) is 16.7 Å². The van der Waals surface area contributed by atoms with Crippen LogP contribution in [-0.2, 0) is 4.79 Å². The van der Waals surface area contributed by atoms with Gasteiger partial charge in [-0.05, 0) is 37.0 Å². The summed E-state index contributed by atoms with van der Waals surface area (Å²) in [5, 5.41) is 0.697. The molecule has 2 aromatic rings. The first-order valence-corrected chi connectivity index (χ1v) is 9.26. The number of hydrogen-bond donors (Lipinski definition) is 0. The van der Waals surface area contributed by atoms with E-state index in [4.69, 9.17) is 11.6 Å². The molecule has 0 N–H and O–H groups in total. The third-order valence-corrected chi connectivity index (χ3v) is 6.06. The normalized spacial score (nSPS) is 19.1. The molecule has 1 atom stereocenters. The molecule has 1 aromatic heterocycles. The number of nitrogens with zero attached hydrogens (tertiary/aromatic N) is 2. The summed E-state index contributed by atoms with van der Waals surface area (Å²) in [6.07, 6.45) is 2.35. The van der Waals surface area contributed by atoms with Gasteiger partial charge in [-0.15, -0.1) is 11.3 Å². The lowest BCUT2D eigenvalue weighted by Gasteiger charge is -2.30.